The summed E-state index contributed by atoms with van der Waals surface area (Å²) in [6, 6.07) is 0. The Labute approximate surface area is 121 Å². The fraction of sp³-hybridized carbons (Fsp3) is 0.300. The van der Waals surface area contributed by atoms with Crippen LogP contribution in [0.3, 0.4) is 0 Å². The molecule has 4 nitrogen and oxygen atoms in total. The van der Waals surface area contributed by atoms with Crippen LogP contribution in [0.25, 0.3) is 0 Å². The second kappa shape index (κ2) is 6.93. The molecule has 0 amide bonds. The molecule has 0 saturated carbocycles. The molecule has 5 heteroatoms. The molecule has 80 valence electrons. The maximum absolute atomic E-state index is 10.3. The zero-order chi connectivity index (χ0) is 10.6. The molecule has 0 fully saturated rings. The van der Waals surface area contributed by atoms with Gasteiger partial charge in [-0.25, -0.2) is 4.79 Å². The first-order valence-corrected chi connectivity index (χ1v) is 4.19. The number of carbonyl (C=O) groups is 1. The summed E-state index contributed by atoms with van der Waals surface area (Å²) in [4.78, 5) is 10.3. The average Bonchev–Trinajstić information content (AvgIpc) is 2.16. The summed E-state index contributed by atoms with van der Waals surface area (Å²) in [5.41, 5.74) is 0. The summed E-state index contributed by atoms with van der Waals surface area (Å²) < 4.78 is 4.94. The van der Waals surface area contributed by atoms with Gasteiger partial charge in [0.2, 0.25) is 0 Å². The van der Waals surface area contributed by atoms with Crippen molar-refractivity contribution in [2.45, 2.75) is 6.42 Å². The van der Waals surface area contributed by atoms with Crippen LogP contribution in [-0.2, 0) is 9.53 Å². The standard InChI is InChI=1S/C10H12O4.Ca.2H/c1-14-9-6-7(2-4-8(9)11)3-5-10(12)13;;;/h2-5,7,11H,6H2,1H3,(H,12,13);;;/q;+2;2*-1. The van der Waals surface area contributed by atoms with E-state index in [1.807, 2.05) is 0 Å². The third-order valence-electron chi connectivity index (χ3n) is 1.94. The predicted molar refractivity (Wildman–Crippen MR) is 58.7 cm³/mol. The van der Waals surface area contributed by atoms with Crippen LogP contribution < -0.4 is 0 Å². The number of hydrogen-bond donors (Lipinski definition) is 2. The molecule has 1 aliphatic carbocycles. The molecule has 0 heterocycles. The van der Waals surface area contributed by atoms with Crippen LogP contribution >= 0.6 is 0 Å². The Morgan fingerprint density at radius 3 is 2.93 bits per heavy atom. The summed E-state index contributed by atoms with van der Waals surface area (Å²) in [6.45, 7) is 0. The van der Waals surface area contributed by atoms with E-state index in [1.54, 1.807) is 12.2 Å². The number of rotatable bonds is 3. The minimum Gasteiger partial charge on any atom is -1.00 e. The van der Waals surface area contributed by atoms with E-state index in [0.717, 1.165) is 6.08 Å². The first-order chi connectivity index (χ1) is 6.63. The van der Waals surface area contributed by atoms with Crippen molar-refractivity contribution in [3.63, 3.8) is 0 Å². The number of carboxylic acid groups (broad SMARTS) is 1. The number of allylic oxidation sites excluding steroid dienone is 4. The second-order valence-corrected chi connectivity index (χ2v) is 2.94. The van der Waals surface area contributed by atoms with Crippen molar-refractivity contribution in [1.82, 2.24) is 0 Å². The van der Waals surface area contributed by atoms with Gasteiger partial charge in [0.15, 0.2) is 5.76 Å². The molecule has 1 rings (SSSR count). The van der Waals surface area contributed by atoms with Gasteiger partial charge < -0.3 is 17.8 Å². The fourth-order valence-electron chi connectivity index (χ4n) is 1.22. The van der Waals surface area contributed by atoms with E-state index in [9.17, 15) is 9.90 Å². The molecule has 0 radical (unpaired) electrons. The SMILES string of the molecule is COC1=C(O)C=CC(C=CC(=O)O)C1.[Ca+2].[H-].[H-]. The predicted octanol–water partition coefficient (Wildman–Crippen LogP) is 1.46. The van der Waals surface area contributed by atoms with Gasteiger partial charge in [-0.1, -0.05) is 12.2 Å². The van der Waals surface area contributed by atoms with Crippen molar-refractivity contribution in [3.05, 3.63) is 35.8 Å². The molecule has 0 saturated heterocycles. The molecule has 1 unspecified atom stereocenters. The molecule has 0 aliphatic heterocycles. The minimum atomic E-state index is -0.976. The Morgan fingerprint density at radius 2 is 2.40 bits per heavy atom. The Morgan fingerprint density at radius 1 is 1.73 bits per heavy atom. The Bertz CT molecular complexity index is 326. The van der Waals surface area contributed by atoms with Crippen LogP contribution in [0.15, 0.2) is 35.8 Å². The third kappa shape index (κ3) is 4.73. The van der Waals surface area contributed by atoms with Gasteiger partial charge in [0.25, 0.3) is 0 Å². The van der Waals surface area contributed by atoms with Crippen molar-refractivity contribution < 1.29 is 22.6 Å². The number of aliphatic hydroxyl groups excluding tert-OH is 1. The van der Waals surface area contributed by atoms with Crippen LogP contribution in [-0.4, -0.2) is 61.0 Å². The van der Waals surface area contributed by atoms with E-state index < -0.39 is 5.97 Å². The van der Waals surface area contributed by atoms with Gasteiger partial charge in [-0.15, -0.1) is 0 Å². The van der Waals surface area contributed by atoms with E-state index in [2.05, 4.69) is 0 Å². The maximum Gasteiger partial charge on any atom is 2.00 e. The molecule has 0 spiro atoms. The van der Waals surface area contributed by atoms with Crippen molar-refractivity contribution in [3.8, 4) is 0 Å². The van der Waals surface area contributed by atoms with E-state index in [4.69, 9.17) is 9.84 Å². The van der Waals surface area contributed by atoms with Gasteiger partial charge in [0.05, 0.1) is 7.11 Å². The van der Waals surface area contributed by atoms with E-state index in [1.165, 1.54) is 13.2 Å². The normalized spacial score (nSPS) is 20.2. The number of carboxylic acids is 1. The van der Waals surface area contributed by atoms with Crippen molar-refractivity contribution >= 4 is 43.7 Å². The van der Waals surface area contributed by atoms with Gasteiger partial charge in [-0.05, 0) is 6.08 Å². The van der Waals surface area contributed by atoms with Gasteiger partial charge >= 0.3 is 43.7 Å². The average molecular weight is 238 g/mol. The minimum absolute atomic E-state index is 0. The first-order valence-electron chi connectivity index (χ1n) is 4.19. The van der Waals surface area contributed by atoms with Gasteiger partial charge in [0.1, 0.15) is 5.76 Å². The molecule has 1 aliphatic rings. The van der Waals surface area contributed by atoms with E-state index in [-0.39, 0.29) is 52.3 Å². The van der Waals surface area contributed by atoms with E-state index in [0.29, 0.717) is 12.2 Å². The zero-order valence-corrected chi connectivity index (χ0v) is 10.7. The largest absolute Gasteiger partial charge is 2.00 e. The summed E-state index contributed by atoms with van der Waals surface area (Å²) >= 11 is 0. The molecule has 2 N–H and O–H groups in total. The van der Waals surface area contributed by atoms with Crippen LogP contribution in [0.1, 0.15) is 9.27 Å². The second-order valence-electron chi connectivity index (χ2n) is 2.94. The first kappa shape index (κ1) is 14.5. The maximum atomic E-state index is 10.3. The number of aliphatic carboxylic acids is 1. The molecule has 0 aromatic rings. The number of ether oxygens (including phenoxy) is 1. The molecule has 0 aromatic carbocycles. The number of methoxy groups -OCH3 is 1. The molecular formula is C10H14CaO4. The Kier molecular flexibility index (Phi) is 6.72. The van der Waals surface area contributed by atoms with E-state index >= 15 is 0 Å². The third-order valence-corrected chi connectivity index (χ3v) is 1.94. The molecule has 15 heavy (non-hydrogen) atoms. The van der Waals surface area contributed by atoms with Crippen molar-refractivity contribution in [2.24, 2.45) is 5.92 Å². The van der Waals surface area contributed by atoms with Crippen LogP contribution in [0.4, 0.5) is 0 Å². The van der Waals surface area contributed by atoms with Crippen LogP contribution in [0.5, 0.6) is 0 Å². The van der Waals surface area contributed by atoms with Gasteiger partial charge in [-0.2, -0.15) is 0 Å². The topological polar surface area (TPSA) is 66.8 Å². The van der Waals surface area contributed by atoms with Crippen LogP contribution in [0, 0.1) is 5.92 Å². The molecule has 1 atom stereocenters. The summed E-state index contributed by atoms with van der Waals surface area (Å²) in [5, 5.41) is 17.7. The zero-order valence-electron chi connectivity index (χ0n) is 10.5. The van der Waals surface area contributed by atoms with Crippen molar-refractivity contribution in [2.75, 3.05) is 7.11 Å². The quantitative estimate of drug-likeness (QED) is 0.577. The fourth-order valence-corrected chi connectivity index (χ4v) is 1.22. The van der Waals surface area contributed by atoms with Gasteiger partial charge in [0, 0.05) is 18.4 Å². The molecule has 0 aromatic heterocycles. The van der Waals surface area contributed by atoms with Crippen molar-refractivity contribution in [1.29, 1.82) is 0 Å². The van der Waals surface area contributed by atoms with Crippen LogP contribution in [0.2, 0.25) is 0 Å². The molecular weight excluding hydrogens is 224 g/mol. The Balaban J connectivity index is -0.000000653. The monoisotopic (exact) mass is 238 g/mol. The summed E-state index contributed by atoms with van der Waals surface area (Å²) in [7, 11) is 1.47. The number of hydrogen-bond acceptors (Lipinski definition) is 3. The smallest absolute Gasteiger partial charge is 1.00 e. The summed E-state index contributed by atoms with van der Waals surface area (Å²) in [6.07, 6.45) is 6.38. The Hall–Kier alpha value is -0.450. The summed E-state index contributed by atoms with van der Waals surface area (Å²) in [5.74, 6) is -0.423. The van der Waals surface area contributed by atoms with Gasteiger partial charge in [-0.3, -0.25) is 0 Å². The molecule has 0 bridgehead atoms. The number of aliphatic hydroxyl groups is 1.